The number of amides is 2. The molecule has 2 amide bonds. The van der Waals surface area contributed by atoms with E-state index in [4.69, 9.17) is 12.2 Å². The minimum absolute atomic E-state index is 0.184. The van der Waals surface area contributed by atoms with Crippen molar-refractivity contribution in [1.82, 2.24) is 9.71 Å². The van der Waals surface area contributed by atoms with Crippen LogP contribution in [0.3, 0.4) is 0 Å². The van der Waals surface area contributed by atoms with E-state index in [9.17, 15) is 9.59 Å². The Labute approximate surface area is 96.0 Å². The molecule has 1 heterocycles. The van der Waals surface area contributed by atoms with Crippen LogP contribution < -0.4 is 0 Å². The van der Waals surface area contributed by atoms with E-state index < -0.39 is 5.92 Å². The van der Waals surface area contributed by atoms with Gasteiger partial charge in [0.25, 0.3) is 0 Å². The van der Waals surface area contributed by atoms with E-state index in [2.05, 4.69) is 0 Å². The summed E-state index contributed by atoms with van der Waals surface area (Å²) < 4.78 is 0. The summed E-state index contributed by atoms with van der Waals surface area (Å²) in [5.74, 6) is -0.614. The van der Waals surface area contributed by atoms with Crippen molar-refractivity contribution in [3.8, 4) is 0 Å². The van der Waals surface area contributed by atoms with Gasteiger partial charge in [0.1, 0.15) is 5.92 Å². The minimum Gasteiger partial charge on any atom is -0.342 e. The van der Waals surface area contributed by atoms with Gasteiger partial charge in [0, 0.05) is 7.05 Å². The molecule has 6 heteroatoms. The second-order valence-corrected chi connectivity index (χ2v) is 4.62. The fourth-order valence-electron chi connectivity index (χ4n) is 1.66. The van der Waals surface area contributed by atoms with Crippen molar-refractivity contribution in [3.63, 3.8) is 0 Å². The molecule has 1 saturated heterocycles. The van der Waals surface area contributed by atoms with Crippen molar-refractivity contribution < 1.29 is 9.59 Å². The average molecular weight is 226 g/mol. The van der Waals surface area contributed by atoms with Crippen LogP contribution in [0.4, 0.5) is 0 Å². The topological polar surface area (TPSA) is 40.6 Å². The predicted molar refractivity (Wildman–Crippen MR) is 63.7 cm³/mol. The molecular weight excluding hydrogens is 211 g/mol. The van der Waals surface area contributed by atoms with Gasteiger partial charge in [-0.2, -0.15) is 0 Å². The van der Waals surface area contributed by atoms with Gasteiger partial charge in [-0.05, 0) is 24.6 Å². The second kappa shape index (κ2) is 4.30. The Morgan fingerprint density at radius 3 is 2.40 bits per heavy atom. The Bertz CT molecular complexity index is 295. The Morgan fingerprint density at radius 2 is 1.93 bits per heavy atom. The summed E-state index contributed by atoms with van der Waals surface area (Å²) >= 11 is 4.98. The van der Waals surface area contributed by atoms with Gasteiger partial charge in [0.05, 0.1) is 0 Å². The monoisotopic (exact) mass is 226 g/mol. The molecule has 0 radical (unpaired) electrons. The smallest absolute Gasteiger partial charge is 0.241 e. The van der Waals surface area contributed by atoms with Crippen molar-refractivity contribution in [1.29, 1.82) is 0 Å². The number of hydrogen-bond acceptors (Lipinski definition) is 3. The van der Waals surface area contributed by atoms with E-state index in [1.54, 1.807) is 15.0 Å². The highest BCUT2D eigenvalue weighted by Crippen LogP contribution is 2.21. The molecule has 1 aliphatic rings. The first-order chi connectivity index (χ1) is 6.86. The molecular formula is C9H15BN2O2S. The highest BCUT2D eigenvalue weighted by atomic mass is 32.1. The molecule has 0 N–H and O–H groups in total. The van der Waals surface area contributed by atoms with Crippen molar-refractivity contribution in [2.24, 2.45) is 11.8 Å². The molecule has 0 aromatic carbocycles. The van der Waals surface area contributed by atoms with E-state index in [1.807, 2.05) is 13.8 Å². The highest BCUT2D eigenvalue weighted by Gasteiger charge is 2.39. The van der Waals surface area contributed by atoms with E-state index >= 15 is 0 Å². The number of hydrogen-bond donors (Lipinski definition) is 0. The summed E-state index contributed by atoms with van der Waals surface area (Å²) in [7, 11) is 3.22. The lowest BCUT2D eigenvalue weighted by Gasteiger charge is -2.36. The lowest BCUT2D eigenvalue weighted by molar-refractivity contribution is -0.144. The third-order valence-electron chi connectivity index (χ3n) is 2.54. The number of carbonyl (C=O) groups excluding carboxylic acids is 2. The third-order valence-corrected chi connectivity index (χ3v) is 3.09. The Morgan fingerprint density at radius 1 is 1.40 bits per heavy atom. The number of thiocarbonyl (C=S) groups is 1. The number of rotatable bonds is 2. The van der Waals surface area contributed by atoms with E-state index in [0.717, 1.165) is 0 Å². The Hall–Kier alpha value is -0.905. The molecule has 0 aliphatic carbocycles. The molecule has 1 rings (SSSR count). The summed E-state index contributed by atoms with van der Waals surface area (Å²) in [6.07, 6.45) is 0.578. The maximum atomic E-state index is 11.8. The fourth-order valence-corrected chi connectivity index (χ4v) is 1.84. The molecule has 0 saturated carbocycles. The van der Waals surface area contributed by atoms with Crippen molar-refractivity contribution in [2.75, 3.05) is 7.05 Å². The molecule has 82 valence electrons. The van der Waals surface area contributed by atoms with E-state index in [0.29, 0.717) is 12.3 Å². The summed E-state index contributed by atoms with van der Waals surface area (Å²) in [5, 5.41) is 0.282. The van der Waals surface area contributed by atoms with Gasteiger partial charge in [-0.1, -0.05) is 13.8 Å². The van der Waals surface area contributed by atoms with Crippen LogP contribution in [0.25, 0.3) is 0 Å². The third kappa shape index (κ3) is 2.20. The Kier molecular flexibility index (Phi) is 3.49. The van der Waals surface area contributed by atoms with Gasteiger partial charge < -0.3 is 4.81 Å². The van der Waals surface area contributed by atoms with Crippen LogP contribution >= 0.6 is 12.2 Å². The first-order valence-electron chi connectivity index (χ1n) is 4.95. The summed E-state index contributed by atoms with van der Waals surface area (Å²) in [5.41, 5.74) is 0. The van der Waals surface area contributed by atoms with Crippen LogP contribution in [-0.4, -0.2) is 41.7 Å². The minimum atomic E-state index is -0.563. The fraction of sp³-hybridized carbons (Fsp3) is 0.667. The van der Waals surface area contributed by atoms with Crippen molar-refractivity contribution in [3.05, 3.63) is 0 Å². The van der Waals surface area contributed by atoms with Gasteiger partial charge in [0.2, 0.25) is 19.8 Å². The maximum absolute atomic E-state index is 11.8. The highest BCUT2D eigenvalue weighted by molar-refractivity contribution is 7.80. The molecule has 4 nitrogen and oxygen atoms in total. The molecule has 1 fully saturated rings. The molecule has 0 bridgehead atoms. The first kappa shape index (κ1) is 12.2. The summed E-state index contributed by atoms with van der Waals surface area (Å²) in [6, 6.07) is 0. The molecule has 1 aliphatic heterocycles. The van der Waals surface area contributed by atoms with E-state index in [-0.39, 0.29) is 16.9 Å². The van der Waals surface area contributed by atoms with Crippen LogP contribution in [0.5, 0.6) is 0 Å². The van der Waals surface area contributed by atoms with Crippen LogP contribution in [-0.2, 0) is 9.59 Å². The van der Waals surface area contributed by atoms with Crippen LogP contribution in [0, 0.1) is 11.8 Å². The van der Waals surface area contributed by atoms with Crippen molar-refractivity contribution >= 4 is 37.1 Å². The predicted octanol–water partition coefficient (Wildman–Crippen LogP) is -0.218. The summed E-state index contributed by atoms with van der Waals surface area (Å²) in [6.45, 7) is 3.99. The van der Waals surface area contributed by atoms with Gasteiger partial charge in [-0.3, -0.25) is 14.5 Å². The number of nitrogens with zero attached hydrogens (tertiary/aromatic N) is 2. The quantitative estimate of drug-likeness (QED) is 0.371. The first-order valence-corrected chi connectivity index (χ1v) is 5.36. The second-order valence-electron chi connectivity index (χ2n) is 4.26. The normalized spacial score (nSPS) is 22.9. The zero-order valence-corrected chi connectivity index (χ0v) is 10.3. The van der Waals surface area contributed by atoms with Gasteiger partial charge >= 0.3 is 0 Å². The van der Waals surface area contributed by atoms with Gasteiger partial charge in [-0.25, -0.2) is 0 Å². The van der Waals surface area contributed by atoms with E-state index in [1.165, 1.54) is 9.71 Å². The average Bonchev–Trinajstić information content (AvgIpc) is 2.18. The van der Waals surface area contributed by atoms with Crippen LogP contribution in [0.2, 0.25) is 0 Å². The summed E-state index contributed by atoms with van der Waals surface area (Å²) in [4.78, 5) is 26.4. The maximum Gasteiger partial charge on any atom is 0.241 e. The lowest BCUT2D eigenvalue weighted by atomic mass is 9.92. The molecule has 0 aromatic heterocycles. The largest absolute Gasteiger partial charge is 0.342 e. The standard InChI is InChI=1S/C9H15BN2O2S/c1-5(2)4-6-7(13)11(3)9(15)12(10)8(6)14/h5-6H,4,10H2,1-3H3. The molecule has 1 atom stereocenters. The molecule has 0 aromatic rings. The number of carbonyl (C=O) groups is 2. The molecule has 0 spiro atoms. The van der Waals surface area contributed by atoms with Gasteiger partial charge in [-0.15, -0.1) is 0 Å². The van der Waals surface area contributed by atoms with Crippen LogP contribution in [0.15, 0.2) is 0 Å². The molecule has 1 unspecified atom stereocenters. The molecule has 15 heavy (non-hydrogen) atoms. The Balaban J connectivity index is 2.92. The van der Waals surface area contributed by atoms with Gasteiger partial charge in [0.15, 0.2) is 5.11 Å². The zero-order valence-electron chi connectivity index (χ0n) is 9.48. The van der Waals surface area contributed by atoms with Crippen molar-refractivity contribution in [2.45, 2.75) is 20.3 Å². The lowest BCUT2D eigenvalue weighted by Crippen LogP contribution is -2.57. The van der Waals surface area contributed by atoms with Crippen LogP contribution in [0.1, 0.15) is 20.3 Å². The zero-order chi connectivity index (χ0) is 11.7. The SMILES string of the molecule is BN1C(=O)C(CC(C)C)C(=O)N(C)C1=S.